The van der Waals surface area contributed by atoms with E-state index in [4.69, 9.17) is 4.74 Å². The fourth-order valence-corrected chi connectivity index (χ4v) is 5.24. The maximum Gasteiger partial charge on any atom is 0.225 e. The Morgan fingerprint density at radius 1 is 1.14 bits per heavy atom. The van der Waals surface area contributed by atoms with Gasteiger partial charge in [-0.2, -0.15) is 0 Å². The molecule has 0 spiro atoms. The molecule has 2 unspecified atom stereocenters. The van der Waals surface area contributed by atoms with Crippen LogP contribution in [0, 0.1) is 11.8 Å². The smallest absolute Gasteiger partial charge is 0.225 e. The zero-order chi connectivity index (χ0) is 25.8. The number of hydrogen-bond donors (Lipinski definition) is 1. The van der Waals surface area contributed by atoms with Crippen molar-refractivity contribution in [2.45, 2.75) is 25.9 Å². The van der Waals surface area contributed by atoms with Crippen molar-refractivity contribution in [1.29, 1.82) is 0 Å². The summed E-state index contributed by atoms with van der Waals surface area (Å²) in [5.41, 5.74) is 7.06. The molecule has 37 heavy (non-hydrogen) atoms. The Labute approximate surface area is 218 Å². The van der Waals surface area contributed by atoms with Crippen molar-refractivity contribution in [1.82, 2.24) is 15.3 Å². The minimum absolute atomic E-state index is 0.00898. The molecule has 0 radical (unpaired) electrons. The number of carbonyl (C=O) groups is 1. The zero-order valence-corrected chi connectivity index (χ0v) is 21.2. The average molecular weight is 493 g/mol. The quantitative estimate of drug-likeness (QED) is 0.413. The number of ether oxygens (including phenoxy) is 1. The minimum atomic E-state index is -0.00898. The second-order valence-corrected chi connectivity index (χ2v) is 9.45. The van der Waals surface area contributed by atoms with Gasteiger partial charge in [0, 0.05) is 37.9 Å². The van der Waals surface area contributed by atoms with E-state index in [2.05, 4.69) is 57.6 Å². The van der Waals surface area contributed by atoms with Gasteiger partial charge in [-0.05, 0) is 70.3 Å². The SMILES string of the molecule is C=C/C=C(\C=C)C1CC1C(=O)NCc1ccc(-c2cccc(OC)c2)c2c1CN(c1ncccn1)CC2. The Kier molecular flexibility index (Phi) is 7.17. The van der Waals surface area contributed by atoms with Gasteiger partial charge in [0.2, 0.25) is 11.9 Å². The molecule has 2 aromatic carbocycles. The average Bonchev–Trinajstić information content (AvgIpc) is 3.75. The number of nitrogens with one attached hydrogen (secondary N) is 1. The summed E-state index contributed by atoms with van der Waals surface area (Å²) in [6, 6.07) is 14.3. The molecule has 3 aromatic rings. The fourth-order valence-electron chi connectivity index (χ4n) is 5.24. The molecule has 2 atom stereocenters. The van der Waals surface area contributed by atoms with E-state index in [1.54, 1.807) is 25.6 Å². The maximum atomic E-state index is 13.0. The molecule has 1 saturated carbocycles. The molecule has 6 nitrogen and oxygen atoms in total. The van der Waals surface area contributed by atoms with Gasteiger partial charge in [-0.25, -0.2) is 9.97 Å². The number of benzene rings is 2. The van der Waals surface area contributed by atoms with Crippen molar-refractivity contribution >= 4 is 11.9 Å². The van der Waals surface area contributed by atoms with Crippen LogP contribution in [0.2, 0.25) is 0 Å². The van der Waals surface area contributed by atoms with E-state index in [1.807, 2.05) is 30.4 Å². The predicted octanol–water partition coefficient (Wildman–Crippen LogP) is 5.27. The van der Waals surface area contributed by atoms with Crippen LogP contribution in [0.3, 0.4) is 0 Å². The van der Waals surface area contributed by atoms with Crippen LogP contribution >= 0.6 is 0 Å². The Morgan fingerprint density at radius 3 is 2.73 bits per heavy atom. The van der Waals surface area contributed by atoms with Gasteiger partial charge < -0.3 is 15.0 Å². The number of nitrogens with zero attached hydrogens (tertiary/aromatic N) is 3. The number of hydrogen-bond acceptors (Lipinski definition) is 5. The third-order valence-corrected chi connectivity index (χ3v) is 7.28. The molecule has 1 aliphatic heterocycles. The molecule has 1 amide bonds. The van der Waals surface area contributed by atoms with Gasteiger partial charge in [0.05, 0.1) is 7.11 Å². The predicted molar refractivity (Wildman–Crippen MR) is 147 cm³/mol. The lowest BCUT2D eigenvalue weighted by Gasteiger charge is -2.32. The number of rotatable bonds is 9. The second-order valence-electron chi connectivity index (χ2n) is 9.45. The molecule has 0 bridgehead atoms. The highest BCUT2D eigenvalue weighted by Crippen LogP contribution is 2.45. The van der Waals surface area contributed by atoms with E-state index in [-0.39, 0.29) is 17.7 Å². The van der Waals surface area contributed by atoms with Crippen LogP contribution in [0.5, 0.6) is 5.75 Å². The lowest BCUT2D eigenvalue weighted by atomic mass is 9.87. The number of anilines is 1. The molecule has 0 saturated heterocycles. The summed E-state index contributed by atoms with van der Waals surface area (Å²) in [7, 11) is 1.69. The molecule has 188 valence electrons. The summed E-state index contributed by atoms with van der Waals surface area (Å²) < 4.78 is 5.47. The standard InChI is InChI=1S/C31H32N4O2/c1-4-8-21(5-2)27-18-28(27)30(36)34-19-23-11-12-25(22-9-6-10-24(17-22)37-3)26-13-16-35(20-29(23)26)31-32-14-7-15-33-31/h4-12,14-15,17,27-28H,1-2,13,16,18-20H2,3H3,(H,34,36)/b21-8+. The van der Waals surface area contributed by atoms with Gasteiger partial charge in [0.15, 0.2) is 0 Å². The summed E-state index contributed by atoms with van der Waals surface area (Å²) in [4.78, 5) is 24.1. The van der Waals surface area contributed by atoms with E-state index in [0.29, 0.717) is 13.1 Å². The number of aromatic nitrogens is 2. The first-order valence-corrected chi connectivity index (χ1v) is 12.7. The normalized spacial score (nSPS) is 18.5. The van der Waals surface area contributed by atoms with Gasteiger partial charge >= 0.3 is 0 Å². The lowest BCUT2D eigenvalue weighted by molar-refractivity contribution is -0.122. The summed E-state index contributed by atoms with van der Waals surface area (Å²) in [5, 5.41) is 3.20. The van der Waals surface area contributed by atoms with Gasteiger partial charge in [0.25, 0.3) is 0 Å². The summed E-state index contributed by atoms with van der Waals surface area (Å²) in [6.07, 6.45) is 10.8. The number of amides is 1. The molecule has 1 aromatic heterocycles. The monoisotopic (exact) mass is 492 g/mol. The molecular weight excluding hydrogens is 460 g/mol. The molecule has 5 rings (SSSR count). The summed E-state index contributed by atoms with van der Waals surface area (Å²) >= 11 is 0. The van der Waals surface area contributed by atoms with Gasteiger partial charge in [0.1, 0.15) is 5.75 Å². The van der Waals surface area contributed by atoms with Crippen molar-refractivity contribution < 1.29 is 9.53 Å². The van der Waals surface area contributed by atoms with Crippen molar-refractivity contribution in [3.05, 3.63) is 109 Å². The number of carbonyl (C=O) groups excluding carboxylic acids is 1. The zero-order valence-electron chi connectivity index (χ0n) is 21.2. The number of methoxy groups -OCH3 is 1. The van der Waals surface area contributed by atoms with Crippen molar-refractivity contribution in [3.63, 3.8) is 0 Å². The maximum absolute atomic E-state index is 13.0. The second kappa shape index (κ2) is 10.8. The highest BCUT2D eigenvalue weighted by atomic mass is 16.5. The molecule has 1 N–H and O–H groups in total. The largest absolute Gasteiger partial charge is 0.497 e. The van der Waals surface area contributed by atoms with Crippen LogP contribution in [-0.4, -0.2) is 29.5 Å². The summed E-state index contributed by atoms with van der Waals surface area (Å²) in [5.74, 6) is 1.87. The molecule has 1 aliphatic carbocycles. The van der Waals surface area contributed by atoms with Crippen LogP contribution < -0.4 is 15.0 Å². The Morgan fingerprint density at radius 2 is 1.97 bits per heavy atom. The van der Waals surface area contributed by atoms with E-state index >= 15 is 0 Å². The number of fused-ring (bicyclic) bond motifs is 1. The van der Waals surface area contributed by atoms with E-state index in [9.17, 15) is 4.79 Å². The molecule has 2 aliphatic rings. The lowest BCUT2D eigenvalue weighted by Crippen LogP contribution is -2.34. The molecule has 2 heterocycles. The molecule has 1 fully saturated rings. The topological polar surface area (TPSA) is 67.3 Å². The van der Waals surface area contributed by atoms with Crippen LogP contribution in [0.1, 0.15) is 23.1 Å². The van der Waals surface area contributed by atoms with Crippen molar-refractivity contribution in [3.8, 4) is 16.9 Å². The van der Waals surface area contributed by atoms with Crippen LogP contribution in [0.25, 0.3) is 11.1 Å². The number of allylic oxidation sites excluding steroid dienone is 4. The fraction of sp³-hybridized carbons (Fsp3) is 0.258. The van der Waals surface area contributed by atoms with Gasteiger partial charge in [-0.3, -0.25) is 4.79 Å². The van der Waals surface area contributed by atoms with Crippen LogP contribution in [0.4, 0.5) is 5.95 Å². The third kappa shape index (κ3) is 5.19. The van der Waals surface area contributed by atoms with Crippen LogP contribution in [0.15, 0.2) is 91.8 Å². The molecule has 6 heteroatoms. The molecular formula is C31H32N4O2. The first-order valence-electron chi connectivity index (χ1n) is 12.7. The first kappa shape index (κ1) is 24.5. The van der Waals surface area contributed by atoms with Crippen LogP contribution in [-0.2, 0) is 24.3 Å². The van der Waals surface area contributed by atoms with Gasteiger partial charge in [-0.1, -0.05) is 55.7 Å². The Hall–Kier alpha value is -4.19. The van der Waals surface area contributed by atoms with E-state index in [1.165, 1.54) is 16.7 Å². The minimum Gasteiger partial charge on any atom is -0.497 e. The summed E-state index contributed by atoms with van der Waals surface area (Å²) in [6.45, 7) is 9.65. The Bertz CT molecular complexity index is 1350. The third-order valence-electron chi connectivity index (χ3n) is 7.28. The van der Waals surface area contributed by atoms with Gasteiger partial charge in [-0.15, -0.1) is 0 Å². The van der Waals surface area contributed by atoms with E-state index in [0.717, 1.165) is 47.8 Å². The first-order chi connectivity index (χ1) is 18.1. The highest BCUT2D eigenvalue weighted by molar-refractivity contribution is 5.82. The Balaban J connectivity index is 1.41. The van der Waals surface area contributed by atoms with Crippen molar-refractivity contribution in [2.24, 2.45) is 11.8 Å². The highest BCUT2D eigenvalue weighted by Gasteiger charge is 2.44. The van der Waals surface area contributed by atoms with Crippen molar-refractivity contribution in [2.75, 3.05) is 18.6 Å². The van der Waals surface area contributed by atoms with E-state index < -0.39 is 0 Å².